The highest BCUT2D eigenvalue weighted by atomic mass is 19.1. The van der Waals surface area contributed by atoms with Gasteiger partial charge in [0.25, 0.3) is 0 Å². The third kappa shape index (κ3) is 3.96. The fraction of sp³-hybridized carbons (Fsp3) is 0.412. The first-order chi connectivity index (χ1) is 11.1. The third-order valence-corrected chi connectivity index (χ3v) is 4.15. The monoisotopic (exact) mass is 317 g/mol. The Labute approximate surface area is 134 Å². The summed E-state index contributed by atoms with van der Waals surface area (Å²) in [7, 11) is 0. The summed E-state index contributed by atoms with van der Waals surface area (Å²) in [5.74, 6) is -0.438. The number of amides is 1. The predicted molar refractivity (Wildman–Crippen MR) is 83.6 cm³/mol. The van der Waals surface area contributed by atoms with Crippen molar-refractivity contribution in [3.63, 3.8) is 0 Å². The average molecular weight is 317 g/mol. The van der Waals surface area contributed by atoms with Gasteiger partial charge in [0.1, 0.15) is 5.82 Å². The smallest absolute Gasteiger partial charge is 0.226 e. The van der Waals surface area contributed by atoms with Crippen LogP contribution in [0.2, 0.25) is 0 Å². The van der Waals surface area contributed by atoms with Gasteiger partial charge >= 0.3 is 0 Å². The van der Waals surface area contributed by atoms with Crippen molar-refractivity contribution in [1.29, 1.82) is 0 Å². The van der Waals surface area contributed by atoms with Crippen molar-refractivity contribution in [3.8, 4) is 5.69 Å². The molecule has 2 aromatic rings. The molecule has 0 aliphatic heterocycles. The van der Waals surface area contributed by atoms with Crippen molar-refractivity contribution < 1.29 is 14.3 Å². The lowest BCUT2D eigenvalue weighted by Crippen LogP contribution is -2.45. The molecule has 1 aromatic carbocycles. The number of aromatic nitrogens is 2. The second-order valence-electron chi connectivity index (χ2n) is 5.93. The zero-order chi connectivity index (χ0) is 16.2. The van der Waals surface area contributed by atoms with Crippen molar-refractivity contribution in [2.75, 3.05) is 0 Å². The molecule has 6 heteroatoms. The summed E-state index contributed by atoms with van der Waals surface area (Å²) in [5, 5.41) is 17.1. The first-order valence-electron chi connectivity index (χ1n) is 7.90. The van der Waals surface area contributed by atoms with Gasteiger partial charge in [0.05, 0.1) is 29.9 Å². The van der Waals surface area contributed by atoms with E-state index in [1.807, 2.05) is 0 Å². The van der Waals surface area contributed by atoms with Crippen LogP contribution in [0.5, 0.6) is 0 Å². The lowest BCUT2D eigenvalue weighted by molar-refractivity contribution is -0.122. The fourth-order valence-electron chi connectivity index (χ4n) is 2.90. The Morgan fingerprint density at radius 3 is 2.74 bits per heavy atom. The molecule has 2 atom stereocenters. The van der Waals surface area contributed by atoms with Crippen LogP contribution in [0.25, 0.3) is 5.69 Å². The minimum atomic E-state index is -0.454. The van der Waals surface area contributed by atoms with Gasteiger partial charge in [-0.1, -0.05) is 12.8 Å². The van der Waals surface area contributed by atoms with Crippen LogP contribution in [0.15, 0.2) is 36.5 Å². The maximum Gasteiger partial charge on any atom is 0.226 e. The second-order valence-corrected chi connectivity index (χ2v) is 5.93. The molecular formula is C17H20FN3O2. The molecule has 122 valence electrons. The Morgan fingerprint density at radius 1 is 1.26 bits per heavy atom. The lowest BCUT2D eigenvalue weighted by Gasteiger charge is -2.28. The van der Waals surface area contributed by atoms with E-state index in [0.717, 1.165) is 31.4 Å². The molecule has 1 saturated carbocycles. The van der Waals surface area contributed by atoms with Gasteiger partial charge in [-0.3, -0.25) is 4.79 Å². The van der Waals surface area contributed by atoms with Crippen LogP contribution >= 0.6 is 0 Å². The Kier molecular flexibility index (Phi) is 4.71. The van der Waals surface area contributed by atoms with Crippen LogP contribution in [0.4, 0.5) is 4.39 Å². The number of nitrogens with one attached hydrogen (secondary N) is 1. The van der Waals surface area contributed by atoms with E-state index in [2.05, 4.69) is 10.4 Å². The summed E-state index contributed by atoms with van der Waals surface area (Å²) in [6.45, 7) is 0. The van der Waals surface area contributed by atoms with Crippen LogP contribution < -0.4 is 5.32 Å². The number of hydrogen-bond donors (Lipinski definition) is 2. The van der Waals surface area contributed by atoms with Crippen LogP contribution in [0.3, 0.4) is 0 Å². The van der Waals surface area contributed by atoms with Crippen molar-refractivity contribution in [3.05, 3.63) is 48.0 Å². The van der Waals surface area contributed by atoms with Gasteiger partial charge in [-0.2, -0.15) is 5.10 Å². The number of aliphatic hydroxyl groups excluding tert-OH is 1. The summed E-state index contributed by atoms with van der Waals surface area (Å²) in [5.41, 5.74) is 1.37. The third-order valence-electron chi connectivity index (χ3n) is 4.15. The van der Waals surface area contributed by atoms with Crippen molar-refractivity contribution in [2.45, 2.75) is 44.2 Å². The maximum absolute atomic E-state index is 12.9. The second kappa shape index (κ2) is 6.91. The zero-order valence-electron chi connectivity index (χ0n) is 12.8. The molecule has 0 radical (unpaired) electrons. The Bertz CT molecular complexity index is 669. The van der Waals surface area contributed by atoms with E-state index in [4.69, 9.17) is 0 Å². The van der Waals surface area contributed by atoms with Gasteiger partial charge < -0.3 is 10.4 Å². The summed E-state index contributed by atoms with van der Waals surface area (Å²) in [4.78, 5) is 12.1. The SMILES string of the molecule is O=C(Cc1ccn(-c2ccc(F)cc2)n1)NC1CCCCC1O. The van der Waals surface area contributed by atoms with Gasteiger partial charge in [-0.25, -0.2) is 9.07 Å². The summed E-state index contributed by atoms with van der Waals surface area (Å²) < 4.78 is 14.5. The molecule has 2 N–H and O–H groups in total. The Morgan fingerprint density at radius 2 is 2.00 bits per heavy atom. The molecule has 0 spiro atoms. The average Bonchev–Trinajstić information content (AvgIpc) is 2.98. The number of rotatable bonds is 4. The van der Waals surface area contributed by atoms with E-state index in [1.165, 1.54) is 12.1 Å². The highest BCUT2D eigenvalue weighted by Crippen LogP contribution is 2.18. The molecule has 23 heavy (non-hydrogen) atoms. The van der Waals surface area contributed by atoms with E-state index in [-0.39, 0.29) is 24.2 Å². The van der Waals surface area contributed by atoms with Gasteiger partial charge in [0, 0.05) is 6.20 Å². The molecule has 1 heterocycles. The number of carbonyl (C=O) groups is 1. The van der Waals surface area contributed by atoms with Crippen molar-refractivity contribution in [1.82, 2.24) is 15.1 Å². The molecule has 3 rings (SSSR count). The molecule has 0 saturated heterocycles. The van der Waals surface area contributed by atoms with Crippen molar-refractivity contribution >= 4 is 5.91 Å². The maximum atomic E-state index is 12.9. The van der Waals surface area contributed by atoms with Crippen LogP contribution in [-0.2, 0) is 11.2 Å². The highest BCUT2D eigenvalue weighted by molar-refractivity contribution is 5.78. The first kappa shape index (κ1) is 15.7. The normalized spacial score (nSPS) is 21.1. The summed E-state index contributed by atoms with van der Waals surface area (Å²) in [6.07, 6.45) is 5.05. The number of halogens is 1. The van der Waals surface area contributed by atoms with E-state index < -0.39 is 6.10 Å². The number of aliphatic hydroxyl groups is 1. The van der Waals surface area contributed by atoms with Crippen LogP contribution in [0.1, 0.15) is 31.4 Å². The molecule has 1 aliphatic rings. The summed E-state index contributed by atoms with van der Waals surface area (Å²) >= 11 is 0. The van der Waals surface area contributed by atoms with Gasteiger partial charge in [0.15, 0.2) is 0 Å². The largest absolute Gasteiger partial charge is 0.391 e. The van der Waals surface area contributed by atoms with Crippen molar-refractivity contribution in [2.24, 2.45) is 0 Å². The Balaban J connectivity index is 1.60. The van der Waals surface area contributed by atoms with E-state index in [1.54, 1.807) is 29.1 Å². The number of benzene rings is 1. The zero-order valence-corrected chi connectivity index (χ0v) is 12.8. The van der Waals surface area contributed by atoms with E-state index in [0.29, 0.717) is 5.69 Å². The van der Waals surface area contributed by atoms with E-state index in [9.17, 15) is 14.3 Å². The molecular weight excluding hydrogens is 297 g/mol. The lowest BCUT2D eigenvalue weighted by atomic mass is 9.92. The molecule has 0 bridgehead atoms. The number of nitrogens with zero attached hydrogens (tertiary/aromatic N) is 2. The van der Waals surface area contributed by atoms with Crippen LogP contribution in [-0.4, -0.2) is 32.9 Å². The number of hydrogen-bond acceptors (Lipinski definition) is 3. The topological polar surface area (TPSA) is 67.2 Å². The molecule has 1 aromatic heterocycles. The molecule has 5 nitrogen and oxygen atoms in total. The molecule has 1 fully saturated rings. The minimum absolute atomic E-state index is 0.139. The van der Waals surface area contributed by atoms with Crippen LogP contribution in [0, 0.1) is 5.82 Å². The van der Waals surface area contributed by atoms with Gasteiger partial charge in [0.2, 0.25) is 5.91 Å². The van der Waals surface area contributed by atoms with Gasteiger partial charge in [-0.05, 0) is 43.2 Å². The summed E-state index contributed by atoms with van der Waals surface area (Å²) in [6, 6.07) is 7.60. The molecule has 1 amide bonds. The number of carbonyl (C=O) groups excluding carboxylic acids is 1. The predicted octanol–water partition coefficient (Wildman–Crippen LogP) is 1.97. The minimum Gasteiger partial charge on any atom is -0.391 e. The molecule has 2 unspecified atom stereocenters. The van der Waals surface area contributed by atoms with Gasteiger partial charge in [-0.15, -0.1) is 0 Å². The van der Waals surface area contributed by atoms with E-state index >= 15 is 0 Å². The fourth-order valence-corrected chi connectivity index (χ4v) is 2.90. The Hall–Kier alpha value is -2.21. The first-order valence-corrected chi connectivity index (χ1v) is 7.90. The quantitative estimate of drug-likeness (QED) is 0.906. The molecule has 1 aliphatic carbocycles. The standard InChI is InChI=1S/C17H20FN3O2/c18-12-5-7-14(8-6-12)21-10-9-13(20-21)11-17(23)19-15-3-1-2-4-16(15)22/h5-10,15-16,22H,1-4,11H2,(H,19,23). The highest BCUT2D eigenvalue weighted by Gasteiger charge is 2.24.